The van der Waals surface area contributed by atoms with E-state index in [4.69, 9.17) is 0 Å². The van der Waals surface area contributed by atoms with E-state index in [2.05, 4.69) is 0 Å². The van der Waals surface area contributed by atoms with Gasteiger partial charge in [-0.25, -0.2) is 0 Å². The quantitative estimate of drug-likeness (QED) is 0.395. The Hall–Kier alpha value is -0.330. The fourth-order valence-corrected chi connectivity index (χ4v) is 1.14. The molecule has 0 aliphatic rings. The van der Waals surface area contributed by atoms with Crippen LogP contribution in [0.2, 0.25) is 0 Å². The van der Waals surface area contributed by atoms with Crippen LogP contribution in [0, 0.1) is 0 Å². The zero-order valence-electron chi connectivity index (χ0n) is 7.46. The zero-order valence-corrected chi connectivity index (χ0v) is 8.28. The Balaban J connectivity index is 4.84. The summed E-state index contributed by atoms with van der Waals surface area (Å²) in [7, 11) is -0.482. The molecule has 7 heteroatoms. The summed E-state index contributed by atoms with van der Waals surface area (Å²) >= 11 is 0. The highest BCUT2D eigenvalue weighted by atomic mass is 32.2. The number of rotatable bonds is 2. The SMILES string of the molecule is C[S+](C)CC=C(C(F)(F)F)C(F)(F)F. The van der Waals surface area contributed by atoms with Crippen molar-refractivity contribution in [1.29, 1.82) is 0 Å². The molecule has 0 bridgehead atoms. The van der Waals surface area contributed by atoms with E-state index in [1.807, 2.05) is 0 Å². The summed E-state index contributed by atoms with van der Waals surface area (Å²) in [5.74, 6) is -0.214. The number of halogens is 6. The maximum absolute atomic E-state index is 11.9. The summed E-state index contributed by atoms with van der Waals surface area (Å²) in [6.07, 6.45) is -7.29. The van der Waals surface area contributed by atoms with Gasteiger partial charge in [-0.1, -0.05) is 0 Å². The average molecular weight is 239 g/mol. The third-order valence-electron chi connectivity index (χ3n) is 1.23. The van der Waals surface area contributed by atoms with Gasteiger partial charge in [0.25, 0.3) is 0 Å². The molecule has 0 aliphatic heterocycles. The first-order chi connectivity index (χ1) is 6.05. The molecule has 0 amide bonds. The average Bonchev–Trinajstić information content (AvgIpc) is 1.78. The van der Waals surface area contributed by atoms with Crippen LogP contribution < -0.4 is 0 Å². The minimum absolute atomic E-state index is 0.211. The van der Waals surface area contributed by atoms with Crippen molar-refractivity contribution < 1.29 is 26.3 Å². The number of alkyl halides is 6. The highest BCUT2D eigenvalue weighted by molar-refractivity contribution is 7.95. The second-order valence-electron chi connectivity index (χ2n) is 2.77. The van der Waals surface area contributed by atoms with Crippen LogP contribution in [0.3, 0.4) is 0 Å². The van der Waals surface area contributed by atoms with E-state index in [0.717, 1.165) is 0 Å². The van der Waals surface area contributed by atoms with Crippen molar-refractivity contribution in [3.05, 3.63) is 11.6 Å². The van der Waals surface area contributed by atoms with Gasteiger partial charge in [0, 0.05) is 0 Å². The molecular weight excluding hydrogens is 230 g/mol. The van der Waals surface area contributed by atoms with Crippen molar-refractivity contribution in [3.8, 4) is 0 Å². The molecule has 0 radical (unpaired) electrons. The minimum Gasteiger partial charge on any atom is -0.166 e. The lowest BCUT2D eigenvalue weighted by atomic mass is 10.2. The van der Waals surface area contributed by atoms with Crippen molar-refractivity contribution >= 4 is 10.9 Å². The lowest BCUT2D eigenvalue weighted by Gasteiger charge is -2.14. The van der Waals surface area contributed by atoms with Gasteiger partial charge in [-0.15, -0.1) is 0 Å². The molecule has 0 aromatic carbocycles. The van der Waals surface area contributed by atoms with Gasteiger partial charge < -0.3 is 0 Å². The van der Waals surface area contributed by atoms with Crippen LogP contribution in [-0.2, 0) is 10.9 Å². The third kappa shape index (κ3) is 4.78. The Morgan fingerprint density at radius 2 is 1.36 bits per heavy atom. The molecule has 84 valence electrons. The zero-order chi connectivity index (χ0) is 11.6. The summed E-state index contributed by atoms with van der Waals surface area (Å²) in [4.78, 5) is 0. The third-order valence-corrected chi connectivity index (χ3v) is 2.06. The van der Waals surface area contributed by atoms with Crippen LogP contribution in [0.25, 0.3) is 0 Å². The topological polar surface area (TPSA) is 0 Å². The Kier molecular flexibility index (Phi) is 4.35. The van der Waals surface area contributed by atoms with E-state index in [0.29, 0.717) is 0 Å². The number of hydrogen-bond donors (Lipinski definition) is 0. The maximum atomic E-state index is 11.9. The van der Waals surface area contributed by atoms with Crippen LogP contribution in [0.4, 0.5) is 26.3 Å². The van der Waals surface area contributed by atoms with E-state index >= 15 is 0 Å². The van der Waals surface area contributed by atoms with Gasteiger partial charge in [0.2, 0.25) is 0 Å². The van der Waals surface area contributed by atoms with Gasteiger partial charge in [0.1, 0.15) is 11.3 Å². The lowest BCUT2D eigenvalue weighted by molar-refractivity contribution is -0.172. The standard InChI is InChI=1S/C7H9F6S/c1-14(2)4-3-5(6(8,9)10)7(11,12)13/h3H,4H2,1-2H3/q+1. The van der Waals surface area contributed by atoms with E-state index in [1.54, 1.807) is 12.5 Å². The van der Waals surface area contributed by atoms with E-state index < -0.39 is 28.8 Å². The molecule has 0 aromatic rings. The number of allylic oxidation sites excluding steroid dienone is 1. The van der Waals surface area contributed by atoms with Crippen molar-refractivity contribution in [1.82, 2.24) is 0 Å². The van der Waals surface area contributed by atoms with E-state index in [9.17, 15) is 26.3 Å². The second-order valence-corrected chi connectivity index (χ2v) is 5.07. The van der Waals surface area contributed by atoms with Gasteiger partial charge in [0.05, 0.1) is 12.5 Å². The molecule has 0 saturated heterocycles. The number of hydrogen-bond acceptors (Lipinski definition) is 0. The lowest BCUT2D eigenvalue weighted by Crippen LogP contribution is -2.26. The van der Waals surface area contributed by atoms with Crippen molar-refractivity contribution in [2.45, 2.75) is 12.4 Å². The van der Waals surface area contributed by atoms with Crippen LogP contribution >= 0.6 is 0 Å². The molecular formula is C7H9F6S+. The summed E-state index contributed by atoms with van der Waals surface area (Å²) in [5, 5.41) is 0. The Labute approximate surface area is 80.3 Å². The Morgan fingerprint density at radius 3 is 1.57 bits per heavy atom. The van der Waals surface area contributed by atoms with Crippen molar-refractivity contribution in [2.24, 2.45) is 0 Å². The first-order valence-corrected chi connectivity index (χ1v) is 5.65. The van der Waals surface area contributed by atoms with Gasteiger partial charge in [-0.3, -0.25) is 0 Å². The van der Waals surface area contributed by atoms with Gasteiger partial charge in [-0.2, -0.15) is 26.3 Å². The largest absolute Gasteiger partial charge is 0.421 e. The van der Waals surface area contributed by atoms with Crippen LogP contribution in [0.15, 0.2) is 11.6 Å². The molecule has 0 N–H and O–H groups in total. The van der Waals surface area contributed by atoms with Crippen LogP contribution in [0.5, 0.6) is 0 Å². The monoisotopic (exact) mass is 239 g/mol. The predicted molar refractivity (Wildman–Crippen MR) is 44.3 cm³/mol. The predicted octanol–water partition coefficient (Wildman–Crippen LogP) is 2.92. The van der Waals surface area contributed by atoms with Crippen molar-refractivity contribution in [3.63, 3.8) is 0 Å². The normalized spacial score (nSPS) is 13.2. The minimum atomic E-state index is -5.32. The molecule has 0 atom stereocenters. The molecule has 0 aliphatic carbocycles. The Morgan fingerprint density at radius 1 is 1.00 bits per heavy atom. The molecule has 14 heavy (non-hydrogen) atoms. The molecule has 0 saturated carbocycles. The first kappa shape index (κ1) is 13.7. The summed E-state index contributed by atoms with van der Waals surface area (Å²) in [6, 6.07) is 0. The fourth-order valence-electron chi connectivity index (χ4n) is 0.642. The van der Waals surface area contributed by atoms with Gasteiger partial charge in [0.15, 0.2) is 0 Å². The molecule has 0 fully saturated rings. The fraction of sp³-hybridized carbons (Fsp3) is 0.714. The Bertz CT molecular complexity index is 195. The summed E-state index contributed by atoms with van der Waals surface area (Å²) in [5.41, 5.74) is -2.41. The van der Waals surface area contributed by atoms with Crippen LogP contribution in [0.1, 0.15) is 0 Å². The van der Waals surface area contributed by atoms with Gasteiger partial charge >= 0.3 is 12.4 Å². The van der Waals surface area contributed by atoms with E-state index in [1.165, 1.54) is 0 Å². The van der Waals surface area contributed by atoms with E-state index in [-0.39, 0.29) is 11.8 Å². The molecule has 0 rings (SSSR count). The van der Waals surface area contributed by atoms with Gasteiger partial charge in [-0.05, 0) is 17.0 Å². The maximum Gasteiger partial charge on any atom is 0.421 e. The highest BCUT2D eigenvalue weighted by Gasteiger charge is 2.50. The van der Waals surface area contributed by atoms with Crippen molar-refractivity contribution in [2.75, 3.05) is 18.3 Å². The smallest absolute Gasteiger partial charge is 0.166 e. The highest BCUT2D eigenvalue weighted by Crippen LogP contribution is 2.38. The van der Waals surface area contributed by atoms with Crippen LogP contribution in [-0.4, -0.2) is 30.6 Å². The summed E-state index contributed by atoms with van der Waals surface area (Å²) in [6.45, 7) is 0. The molecule has 0 nitrogen and oxygen atoms in total. The molecule has 0 aromatic heterocycles. The molecule has 0 heterocycles. The molecule has 0 spiro atoms. The first-order valence-electron chi connectivity index (χ1n) is 3.44. The summed E-state index contributed by atoms with van der Waals surface area (Å²) < 4.78 is 71.3. The second kappa shape index (κ2) is 4.46. The molecule has 0 unspecified atom stereocenters.